The molecule has 0 unspecified atom stereocenters. The van der Waals surface area contributed by atoms with E-state index in [0.29, 0.717) is 23.7 Å². The molecule has 0 bridgehead atoms. The van der Waals surface area contributed by atoms with Gasteiger partial charge in [0.1, 0.15) is 17.4 Å². The minimum atomic E-state index is -0.589. The Balaban J connectivity index is 1.80. The fraction of sp³-hybridized carbons (Fsp3) is 0.222. The summed E-state index contributed by atoms with van der Waals surface area (Å²) in [5.41, 5.74) is 1.60. The number of hydrogen-bond acceptors (Lipinski definition) is 6. The summed E-state index contributed by atoms with van der Waals surface area (Å²) in [5, 5.41) is 16.8. The number of aromatic amines is 1. The van der Waals surface area contributed by atoms with E-state index in [2.05, 4.69) is 25.9 Å². The van der Waals surface area contributed by atoms with Crippen LogP contribution in [-0.2, 0) is 11.2 Å². The number of amides is 1. The number of tetrazole rings is 1. The van der Waals surface area contributed by atoms with Gasteiger partial charge in [-0.15, -0.1) is 10.2 Å². The smallest absolute Gasteiger partial charge is 0.235 e. The Morgan fingerprint density at radius 1 is 1.12 bits per heavy atom. The van der Waals surface area contributed by atoms with Gasteiger partial charge in [0.05, 0.1) is 14.2 Å². The average Bonchev–Trinajstić information content (AvgIpc) is 3.21. The summed E-state index contributed by atoms with van der Waals surface area (Å²) in [6, 6.07) is 14.7. The van der Waals surface area contributed by atoms with Gasteiger partial charge in [-0.05, 0) is 36.2 Å². The molecule has 0 saturated heterocycles. The molecule has 1 aromatic heterocycles. The lowest BCUT2D eigenvalue weighted by Gasteiger charge is -2.14. The van der Waals surface area contributed by atoms with Crippen molar-refractivity contribution in [2.24, 2.45) is 0 Å². The highest BCUT2D eigenvalue weighted by molar-refractivity contribution is 5.95. The van der Waals surface area contributed by atoms with E-state index < -0.39 is 5.92 Å². The first-order chi connectivity index (χ1) is 12.7. The number of nitrogens with zero attached hydrogens (tertiary/aromatic N) is 3. The largest absolute Gasteiger partial charge is 0.497 e. The van der Waals surface area contributed by atoms with E-state index in [1.54, 1.807) is 32.4 Å². The highest BCUT2D eigenvalue weighted by atomic mass is 16.5. The number of carbonyl (C=O) groups excluding carboxylic acids is 1. The molecule has 0 spiro atoms. The molecule has 0 radical (unpaired) electrons. The third-order valence-electron chi connectivity index (χ3n) is 3.93. The summed E-state index contributed by atoms with van der Waals surface area (Å²) in [6.45, 7) is 0. The monoisotopic (exact) mass is 353 g/mol. The van der Waals surface area contributed by atoms with Crippen molar-refractivity contribution in [2.45, 2.75) is 12.3 Å². The molecule has 0 aliphatic rings. The Labute approximate surface area is 150 Å². The standard InChI is InChI=1S/C18H19N5O3/c1-25-14-8-6-12(7-9-14)10-16(17-20-22-23-21-17)18(24)19-13-4-3-5-15(11-13)26-2/h3-9,11,16H,10H2,1-2H3,(H,19,24)(H,20,21,22,23)/t16-/m1/s1. The van der Waals surface area contributed by atoms with Gasteiger partial charge in [-0.3, -0.25) is 4.79 Å². The molecule has 1 heterocycles. The summed E-state index contributed by atoms with van der Waals surface area (Å²) in [6.07, 6.45) is 0.430. The van der Waals surface area contributed by atoms with E-state index >= 15 is 0 Å². The van der Waals surface area contributed by atoms with Crippen LogP contribution in [0.2, 0.25) is 0 Å². The maximum Gasteiger partial charge on any atom is 0.235 e. The second-order valence-corrected chi connectivity index (χ2v) is 5.60. The van der Waals surface area contributed by atoms with Crippen molar-refractivity contribution < 1.29 is 14.3 Å². The number of nitrogens with one attached hydrogen (secondary N) is 2. The van der Waals surface area contributed by atoms with E-state index in [4.69, 9.17) is 9.47 Å². The zero-order valence-corrected chi connectivity index (χ0v) is 14.5. The van der Waals surface area contributed by atoms with Crippen molar-refractivity contribution >= 4 is 11.6 Å². The predicted molar refractivity (Wildman–Crippen MR) is 95.2 cm³/mol. The van der Waals surface area contributed by atoms with Gasteiger partial charge < -0.3 is 14.8 Å². The Hall–Kier alpha value is -3.42. The minimum Gasteiger partial charge on any atom is -0.497 e. The first-order valence-electron chi connectivity index (χ1n) is 8.01. The normalized spacial score (nSPS) is 11.6. The molecule has 3 rings (SSSR count). The summed E-state index contributed by atoms with van der Waals surface area (Å²) in [5.74, 6) is 0.935. The van der Waals surface area contributed by atoms with Gasteiger partial charge in [0.25, 0.3) is 0 Å². The molecule has 8 nitrogen and oxygen atoms in total. The van der Waals surface area contributed by atoms with Crippen molar-refractivity contribution in [3.05, 3.63) is 59.9 Å². The van der Waals surface area contributed by atoms with Crippen molar-refractivity contribution in [3.63, 3.8) is 0 Å². The zero-order chi connectivity index (χ0) is 18.4. The molecule has 0 aliphatic heterocycles. The van der Waals surface area contributed by atoms with E-state index in [1.807, 2.05) is 30.3 Å². The molecule has 1 atom stereocenters. The van der Waals surface area contributed by atoms with E-state index in [9.17, 15) is 4.79 Å². The van der Waals surface area contributed by atoms with Crippen LogP contribution in [0.1, 0.15) is 17.3 Å². The topological polar surface area (TPSA) is 102 Å². The second-order valence-electron chi connectivity index (χ2n) is 5.60. The lowest BCUT2D eigenvalue weighted by atomic mass is 9.97. The summed E-state index contributed by atoms with van der Waals surface area (Å²) >= 11 is 0. The molecule has 134 valence electrons. The van der Waals surface area contributed by atoms with Crippen LogP contribution >= 0.6 is 0 Å². The number of rotatable bonds is 7. The SMILES string of the molecule is COc1ccc(C[C@@H](C(=O)Nc2cccc(OC)c2)c2nn[nH]n2)cc1. The Kier molecular flexibility index (Phi) is 5.43. The van der Waals surface area contributed by atoms with Crippen LogP contribution in [0.4, 0.5) is 5.69 Å². The lowest BCUT2D eigenvalue weighted by Crippen LogP contribution is -2.24. The van der Waals surface area contributed by atoms with Crippen LogP contribution in [0.5, 0.6) is 11.5 Å². The van der Waals surface area contributed by atoms with Gasteiger partial charge in [0.2, 0.25) is 5.91 Å². The quantitative estimate of drug-likeness (QED) is 0.675. The van der Waals surface area contributed by atoms with E-state index in [1.165, 1.54) is 0 Å². The van der Waals surface area contributed by atoms with E-state index in [-0.39, 0.29) is 5.91 Å². The number of aromatic nitrogens is 4. The Morgan fingerprint density at radius 3 is 2.54 bits per heavy atom. The first-order valence-corrected chi connectivity index (χ1v) is 8.01. The van der Waals surface area contributed by atoms with Gasteiger partial charge in [-0.25, -0.2) is 0 Å². The van der Waals surface area contributed by atoms with Gasteiger partial charge in [0, 0.05) is 11.8 Å². The summed E-state index contributed by atoms with van der Waals surface area (Å²) in [4.78, 5) is 12.8. The third-order valence-corrected chi connectivity index (χ3v) is 3.93. The van der Waals surface area contributed by atoms with Crippen molar-refractivity contribution in [3.8, 4) is 11.5 Å². The van der Waals surface area contributed by atoms with Gasteiger partial charge in [-0.2, -0.15) is 5.21 Å². The number of ether oxygens (including phenoxy) is 2. The molecule has 0 aliphatic carbocycles. The van der Waals surface area contributed by atoms with Crippen LogP contribution in [0.15, 0.2) is 48.5 Å². The van der Waals surface area contributed by atoms with Gasteiger partial charge in [0.15, 0.2) is 5.82 Å². The number of carbonyl (C=O) groups is 1. The average molecular weight is 353 g/mol. The zero-order valence-electron chi connectivity index (χ0n) is 14.5. The molecule has 0 fully saturated rings. The molecule has 1 amide bonds. The van der Waals surface area contributed by atoms with Gasteiger partial charge in [-0.1, -0.05) is 23.4 Å². The number of benzene rings is 2. The second kappa shape index (κ2) is 8.11. The molecular formula is C18H19N5O3. The van der Waals surface area contributed by atoms with Gasteiger partial charge >= 0.3 is 0 Å². The molecule has 3 aromatic rings. The highest BCUT2D eigenvalue weighted by Gasteiger charge is 2.25. The summed E-state index contributed by atoms with van der Waals surface area (Å²) in [7, 11) is 3.19. The number of H-pyrrole nitrogens is 1. The van der Waals surface area contributed by atoms with E-state index in [0.717, 1.165) is 11.3 Å². The van der Waals surface area contributed by atoms with Crippen molar-refractivity contribution in [1.29, 1.82) is 0 Å². The maximum atomic E-state index is 12.8. The Morgan fingerprint density at radius 2 is 1.88 bits per heavy atom. The molecule has 2 N–H and O–H groups in total. The van der Waals surface area contributed by atoms with Crippen LogP contribution in [0, 0.1) is 0 Å². The molecule has 26 heavy (non-hydrogen) atoms. The molecular weight excluding hydrogens is 334 g/mol. The maximum absolute atomic E-state index is 12.8. The number of methoxy groups -OCH3 is 2. The first kappa shape index (κ1) is 17.4. The van der Waals surface area contributed by atoms with Crippen LogP contribution in [0.3, 0.4) is 0 Å². The lowest BCUT2D eigenvalue weighted by molar-refractivity contribution is -0.117. The summed E-state index contributed by atoms with van der Waals surface area (Å²) < 4.78 is 10.3. The minimum absolute atomic E-state index is 0.226. The number of hydrogen-bond donors (Lipinski definition) is 2. The van der Waals surface area contributed by atoms with Crippen LogP contribution < -0.4 is 14.8 Å². The van der Waals surface area contributed by atoms with Crippen LogP contribution in [0.25, 0.3) is 0 Å². The molecule has 8 heteroatoms. The Bertz CT molecular complexity index is 850. The van der Waals surface area contributed by atoms with Crippen molar-refractivity contribution in [2.75, 3.05) is 19.5 Å². The number of anilines is 1. The fourth-order valence-corrected chi connectivity index (χ4v) is 2.55. The van der Waals surface area contributed by atoms with Crippen molar-refractivity contribution in [1.82, 2.24) is 20.6 Å². The molecule has 0 saturated carbocycles. The predicted octanol–water partition coefficient (Wildman–Crippen LogP) is 2.18. The van der Waals surface area contributed by atoms with Crippen LogP contribution in [-0.4, -0.2) is 40.8 Å². The fourth-order valence-electron chi connectivity index (χ4n) is 2.55. The highest BCUT2D eigenvalue weighted by Crippen LogP contribution is 2.23. The molecule has 2 aromatic carbocycles. The third kappa shape index (κ3) is 4.15.